The Hall–Kier alpha value is -2.94. The van der Waals surface area contributed by atoms with E-state index in [9.17, 15) is 9.90 Å². The van der Waals surface area contributed by atoms with E-state index in [2.05, 4.69) is 10.4 Å². The quantitative estimate of drug-likeness (QED) is 0.460. The summed E-state index contributed by atoms with van der Waals surface area (Å²) >= 11 is 6.64. The van der Waals surface area contributed by atoms with E-state index < -0.39 is 17.4 Å². The fourth-order valence-corrected chi connectivity index (χ4v) is 4.46. The van der Waals surface area contributed by atoms with Crippen LogP contribution in [0.5, 0.6) is 11.5 Å². The molecule has 3 unspecified atom stereocenters. The van der Waals surface area contributed by atoms with Gasteiger partial charge in [0.15, 0.2) is 11.5 Å². The second-order valence-corrected chi connectivity index (χ2v) is 8.18. The number of piperidine rings is 1. The zero-order valence-electron chi connectivity index (χ0n) is 16.6. The van der Waals surface area contributed by atoms with Crippen molar-refractivity contribution in [3.05, 3.63) is 60.0 Å². The first-order chi connectivity index (χ1) is 15.1. The minimum Gasteiger partial charge on any atom is -0.481 e. The first-order valence-corrected chi connectivity index (χ1v) is 10.5. The Morgan fingerprint density at radius 3 is 2.90 bits per heavy atom. The van der Waals surface area contributed by atoms with Crippen LogP contribution in [0.25, 0.3) is 10.9 Å². The third kappa shape index (κ3) is 4.01. The number of aromatic nitrogens is 2. The Morgan fingerprint density at radius 1 is 1.19 bits per heavy atom. The number of nitrogens with zero attached hydrogens (tertiary/aromatic N) is 3. The highest BCUT2D eigenvalue weighted by Gasteiger charge is 2.40. The maximum atomic E-state index is 11.7. The summed E-state index contributed by atoms with van der Waals surface area (Å²) in [4.78, 5) is 20.9. The lowest BCUT2D eigenvalue weighted by Crippen LogP contribution is -2.51. The fraction of sp³-hybridized carbons (Fsp3) is 0.318. The third-order valence-electron chi connectivity index (χ3n) is 5.68. The van der Waals surface area contributed by atoms with Gasteiger partial charge in [0.1, 0.15) is 5.82 Å². The summed E-state index contributed by atoms with van der Waals surface area (Å²) < 4.78 is 10.8. The maximum absolute atomic E-state index is 11.7. The Labute approximate surface area is 183 Å². The van der Waals surface area contributed by atoms with Crippen LogP contribution in [0.2, 0.25) is 0 Å². The zero-order chi connectivity index (χ0) is 21.4. The molecule has 1 aromatic heterocycles. The van der Waals surface area contributed by atoms with Gasteiger partial charge in [0.25, 0.3) is 0 Å². The summed E-state index contributed by atoms with van der Waals surface area (Å²) in [5, 5.41) is 12.4. The van der Waals surface area contributed by atoms with Crippen molar-refractivity contribution in [1.29, 1.82) is 0 Å². The minimum absolute atomic E-state index is 0.222. The molecule has 1 fully saturated rings. The van der Waals surface area contributed by atoms with E-state index in [1.165, 1.54) is 0 Å². The molecule has 1 saturated heterocycles. The molecule has 0 radical (unpaired) electrons. The topological polar surface area (TPSA) is 96.8 Å². The molecule has 0 aliphatic carbocycles. The number of nitrogens with one attached hydrogen (secondary N) is 1. The lowest BCUT2D eigenvalue weighted by molar-refractivity contribution is -0.145. The number of aliphatic carboxylic acids is 1. The van der Waals surface area contributed by atoms with Gasteiger partial charge >= 0.3 is 5.97 Å². The summed E-state index contributed by atoms with van der Waals surface area (Å²) in [6, 6.07) is 13.1. The van der Waals surface area contributed by atoms with E-state index in [4.69, 9.17) is 26.1 Å². The standard InChI is InChI=1S/C22H21ClN4O4/c23-20-9-15(22(28)29)8-17(21-24-11-14-3-1-2-4-16(14)26-21)27(20)25-10-13-5-6-18-19(7-13)31-12-30-18/h1-7,11,15,17,20,25H,8-10,12H2,(H,28,29). The molecule has 5 rings (SSSR count). The molecule has 0 bridgehead atoms. The number of fused-ring (bicyclic) bond motifs is 2. The van der Waals surface area contributed by atoms with Gasteiger partial charge in [-0.2, -0.15) is 0 Å². The predicted molar refractivity (Wildman–Crippen MR) is 114 cm³/mol. The van der Waals surface area contributed by atoms with Crippen molar-refractivity contribution in [1.82, 2.24) is 20.4 Å². The lowest BCUT2D eigenvalue weighted by atomic mass is 9.91. The average molecular weight is 441 g/mol. The number of benzene rings is 2. The highest BCUT2D eigenvalue weighted by Crippen LogP contribution is 2.37. The van der Waals surface area contributed by atoms with Gasteiger partial charge in [-0.15, -0.1) is 11.6 Å². The third-order valence-corrected chi connectivity index (χ3v) is 6.07. The number of carbonyl (C=O) groups is 1. The molecule has 0 spiro atoms. The molecule has 3 atom stereocenters. The fourth-order valence-electron chi connectivity index (χ4n) is 4.04. The van der Waals surface area contributed by atoms with Crippen molar-refractivity contribution >= 4 is 28.5 Å². The molecule has 9 heteroatoms. The summed E-state index contributed by atoms with van der Waals surface area (Å²) in [6.45, 7) is 0.710. The number of ether oxygens (including phenoxy) is 2. The molecule has 31 heavy (non-hydrogen) atoms. The normalized spacial score (nSPS) is 23.2. The van der Waals surface area contributed by atoms with E-state index in [0.717, 1.165) is 22.2 Å². The molecule has 160 valence electrons. The summed E-state index contributed by atoms with van der Waals surface area (Å²) in [7, 11) is 0. The molecule has 2 aromatic carbocycles. The smallest absolute Gasteiger partial charge is 0.306 e. The molecule has 2 aliphatic heterocycles. The molecule has 8 nitrogen and oxygen atoms in total. The molecule has 2 N–H and O–H groups in total. The number of carboxylic acids is 1. The van der Waals surface area contributed by atoms with E-state index in [-0.39, 0.29) is 12.8 Å². The number of hydrogen-bond acceptors (Lipinski definition) is 7. The van der Waals surface area contributed by atoms with Crippen LogP contribution in [0.4, 0.5) is 0 Å². The molecule has 0 amide bonds. The zero-order valence-corrected chi connectivity index (χ0v) is 17.3. The molecule has 3 aromatic rings. The van der Waals surface area contributed by atoms with Gasteiger partial charge < -0.3 is 14.6 Å². The second kappa shape index (κ2) is 8.30. The Bertz CT molecular complexity index is 1130. The van der Waals surface area contributed by atoms with Crippen LogP contribution in [0, 0.1) is 5.92 Å². The number of para-hydroxylation sites is 1. The van der Waals surface area contributed by atoms with Gasteiger partial charge in [-0.3, -0.25) is 4.79 Å². The number of hydrogen-bond donors (Lipinski definition) is 2. The van der Waals surface area contributed by atoms with Gasteiger partial charge in [0, 0.05) is 18.1 Å². The molecule has 2 aliphatic rings. The molecule has 3 heterocycles. The van der Waals surface area contributed by atoms with Crippen molar-refractivity contribution in [2.24, 2.45) is 5.92 Å². The Morgan fingerprint density at radius 2 is 2.03 bits per heavy atom. The van der Waals surface area contributed by atoms with Crippen molar-refractivity contribution in [2.45, 2.75) is 30.9 Å². The first-order valence-electron chi connectivity index (χ1n) is 10.1. The van der Waals surface area contributed by atoms with Crippen LogP contribution in [0.1, 0.15) is 30.3 Å². The van der Waals surface area contributed by atoms with Crippen LogP contribution < -0.4 is 14.9 Å². The molecular formula is C22H21ClN4O4. The van der Waals surface area contributed by atoms with E-state index >= 15 is 0 Å². The summed E-state index contributed by atoms with van der Waals surface area (Å²) in [5.74, 6) is 0.566. The van der Waals surface area contributed by atoms with Gasteiger partial charge in [0.2, 0.25) is 6.79 Å². The number of rotatable bonds is 5. The van der Waals surface area contributed by atoms with E-state index in [1.54, 1.807) is 6.20 Å². The molecular weight excluding hydrogens is 420 g/mol. The highest BCUT2D eigenvalue weighted by atomic mass is 35.5. The Kier molecular flexibility index (Phi) is 5.35. The molecule has 0 saturated carbocycles. The summed E-state index contributed by atoms with van der Waals surface area (Å²) in [5.41, 5.74) is 4.65. The van der Waals surface area contributed by atoms with Gasteiger partial charge in [-0.05, 0) is 36.6 Å². The number of hydrazine groups is 1. The second-order valence-electron chi connectivity index (χ2n) is 7.67. The van der Waals surface area contributed by atoms with E-state index in [1.807, 2.05) is 47.5 Å². The van der Waals surface area contributed by atoms with Gasteiger partial charge in [-0.1, -0.05) is 24.3 Å². The van der Waals surface area contributed by atoms with Gasteiger partial charge in [0.05, 0.1) is 23.0 Å². The van der Waals surface area contributed by atoms with Crippen LogP contribution in [0.15, 0.2) is 48.7 Å². The number of halogens is 1. The highest BCUT2D eigenvalue weighted by molar-refractivity contribution is 6.20. The van der Waals surface area contributed by atoms with Crippen LogP contribution in [0.3, 0.4) is 0 Å². The maximum Gasteiger partial charge on any atom is 0.306 e. The van der Waals surface area contributed by atoms with Crippen LogP contribution in [-0.4, -0.2) is 38.3 Å². The SMILES string of the molecule is O=C(O)C1CC(Cl)N(NCc2ccc3c(c2)OCO3)C(c2ncc3ccccc3n2)C1. The van der Waals surface area contributed by atoms with Crippen molar-refractivity contribution in [2.75, 3.05) is 6.79 Å². The number of alkyl halides is 1. The first kappa shape index (κ1) is 20.0. The average Bonchev–Trinajstić information content (AvgIpc) is 3.25. The van der Waals surface area contributed by atoms with Crippen molar-refractivity contribution < 1.29 is 19.4 Å². The summed E-state index contributed by atoms with van der Waals surface area (Å²) in [6.07, 6.45) is 2.46. The van der Waals surface area contributed by atoms with Crippen molar-refractivity contribution in [3.63, 3.8) is 0 Å². The Balaban J connectivity index is 1.41. The van der Waals surface area contributed by atoms with Crippen LogP contribution >= 0.6 is 11.6 Å². The van der Waals surface area contributed by atoms with Crippen LogP contribution in [-0.2, 0) is 11.3 Å². The minimum atomic E-state index is -0.855. The predicted octanol–water partition coefficient (Wildman–Crippen LogP) is 3.47. The monoisotopic (exact) mass is 440 g/mol. The lowest BCUT2D eigenvalue weighted by Gasteiger charge is -2.40. The van der Waals surface area contributed by atoms with Gasteiger partial charge in [-0.25, -0.2) is 20.4 Å². The number of carboxylic acid groups (broad SMARTS) is 1. The van der Waals surface area contributed by atoms with E-state index in [0.29, 0.717) is 31.0 Å². The largest absolute Gasteiger partial charge is 0.481 e. The van der Waals surface area contributed by atoms with Crippen molar-refractivity contribution in [3.8, 4) is 11.5 Å².